The molecule has 1 aliphatic carbocycles. The highest BCUT2D eigenvalue weighted by Gasteiger charge is 2.44. The van der Waals surface area contributed by atoms with E-state index in [2.05, 4.69) is 11.1 Å². The predicted octanol–water partition coefficient (Wildman–Crippen LogP) is 2.21. The van der Waals surface area contributed by atoms with Crippen molar-refractivity contribution in [3.05, 3.63) is 18.2 Å². The summed E-state index contributed by atoms with van der Waals surface area (Å²) in [6, 6.07) is 2.34. The van der Waals surface area contributed by atoms with Gasteiger partial charge in [-0.15, -0.1) is 0 Å². The number of aromatic nitrogens is 2. The molecule has 0 spiro atoms. The quantitative estimate of drug-likeness (QED) is 0.837. The van der Waals surface area contributed by atoms with Crippen molar-refractivity contribution in [2.75, 3.05) is 13.1 Å². The van der Waals surface area contributed by atoms with E-state index in [1.54, 1.807) is 6.20 Å². The lowest BCUT2D eigenvalue weighted by molar-refractivity contribution is -0.139. The van der Waals surface area contributed by atoms with Gasteiger partial charge in [-0.25, -0.2) is 4.98 Å². The van der Waals surface area contributed by atoms with Crippen molar-refractivity contribution in [3.8, 4) is 6.07 Å². The molecule has 1 aromatic rings. The predicted molar refractivity (Wildman–Crippen MR) is 78.3 cm³/mol. The molecule has 5 heteroatoms. The van der Waals surface area contributed by atoms with Crippen LogP contribution >= 0.6 is 0 Å². The van der Waals surface area contributed by atoms with E-state index in [1.165, 1.54) is 0 Å². The summed E-state index contributed by atoms with van der Waals surface area (Å²) >= 11 is 0. The molecule has 0 radical (unpaired) electrons. The van der Waals surface area contributed by atoms with Gasteiger partial charge in [0.2, 0.25) is 5.91 Å². The van der Waals surface area contributed by atoms with Crippen LogP contribution in [-0.4, -0.2) is 33.4 Å². The summed E-state index contributed by atoms with van der Waals surface area (Å²) < 4.78 is 2.03. The molecule has 1 atom stereocenters. The number of rotatable bonds is 2. The standard InChI is InChI=1S/C16H22N4O/c1-19-10-8-18-14(19)13-5-9-20(11-13)15(21)16(12-17)6-3-2-4-7-16/h8,10,13H,2-7,9,11H2,1H3. The first-order valence-electron chi connectivity index (χ1n) is 7.84. The molecule has 2 heterocycles. The van der Waals surface area contributed by atoms with Crippen molar-refractivity contribution in [2.45, 2.75) is 44.4 Å². The highest BCUT2D eigenvalue weighted by Crippen LogP contribution is 2.39. The highest BCUT2D eigenvalue weighted by molar-refractivity contribution is 5.86. The Balaban J connectivity index is 1.72. The highest BCUT2D eigenvalue weighted by atomic mass is 16.2. The molecule has 5 nitrogen and oxygen atoms in total. The molecule has 1 aliphatic heterocycles. The Morgan fingerprint density at radius 1 is 1.43 bits per heavy atom. The van der Waals surface area contributed by atoms with E-state index < -0.39 is 5.41 Å². The van der Waals surface area contributed by atoms with Crippen LogP contribution in [-0.2, 0) is 11.8 Å². The van der Waals surface area contributed by atoms with Crippen LogP contribution < -0.4 is 0 Å². The van der Waals surface area contributed by atoms with E-state index in [9.17, 15) is 10.1 Å². The zero-order valence-electron chi connectivity index (χ0n) is 12.6. The number of carbonyl (C=O) groups is 1. The number of nitriles is 1. The van der Waals surface area contributed by atoms with Gasteiger partial charge in [0.15, 0.2) is 0 Å². The molecule has 1 saturated carbocycles. The smallest absolute Gasteiger partial charge is 0.243 e. The first-order valence-corrected chi connectivity index (χ1v) is 7.84. The lowest BCUT2D eigenvalue weighted by atomic mass is 9.74. The Morgan fingerprint density at radius 3 is 2.81 bits per heavy atom. The van der Waals surface area contributed by atoms with Crippen LogP contribution in [0.2, 0.25) is 0 Å². The monoisotopic (exact) mass is 286 g/mol. The van der Waals surface area contributed by atoms with Gasteiger partial charge in [-0.2, -0.15) is 5.26 Å². The molecule has 0 N–H and O–H groups in total. The molecular weight excluding hydrogens is 264 g/mol. The maximum absolute atomic E-state index is 12.8. The third kappa shape index (κ3) is 2.44. The van der Waals surface area contributed by atoms with Gasteiger partial charge in [-0.05, 0) is 19.3 Å². The summed E-state index contributed by atoms with van der Waals surface area (Å²) in [6.45, 7) is 1.45. The van der Waals surface area contributed by atoms with Gasteiger partial charge in [0.1, 0.15) is 11.2 Å². The summed E-state index contributed by atoms with van der Waals surface area (Å²) in [6.07, 6.45) is 9.28. The van der Waals surface area contributed by atoms with E-state index in [4.69, 9.17) is 0 Å². The minimum absolute atomic E-state index is 0.0569. The second-order valence-corrected chi connectivity index (χ2v) is 6.39. The Kier molecular flexibility index (Phi) is 3.71. The fourth-order valence-electron chi connectivity index (χ4n) is 3.76. The summed E-state index contributed by atoms with van der Waals surface area (Å²) in [5.74, 6) is 1.40. The molecule has 3 rings (SSSR count). The molecule has 21 heavy (non-hydrogen) atoms. The second-order valence-electron chi connectivity index (χ2n) is 6.39. The lowest BCUT2D eigenvalue weighted by Gasteiger charge is -2.33. The van der Waals surface area contributed by atoms with E-state index in [0.29, 0.717) is 12.5 Å². The van der Waals surface area contributed by atoms with Crippen LogP contribution in [0.3, 0.4) is 0 Å². The Morgan fingerprint density at radius 2 is 2.19 bits per heavy atom. The van der Waals surface area contributed by atoms with Gasteiger partial charge in [0.25, 0.3) is 0 Å². The van der Waals surface area contributed by atoms with Crippen molar-refractivity contribution in [3.63, 3.8) is 0 Å². The first kappa shape index (κ1) is 14.1. The van der Waals surface area contributed by atoms with E-state index in [-0.39, 0.29) is 5.91 Å². The van der Waals surface area contributed by atoms with Crippen LogP contribution in [0.15, 0.2) is 12.4 Å². The zero-order valence-corrected chi connectivity index (χ0v) is 12.6. The Hall–Kier alpha value is -1.83. The molecule has 1 unspecified atom stereocenters. The minimum Gasteiger partial charge on any atom is -0.341 e. The Labute approximate surface area is 125 Å². The topological polar surface area (TPSA) is 61.9 Å². The van der Waals surface area contributed by atoms with Gasteiger partial charge in [-0.3, -0.25) is 4.79 Å². The van der Waals surface area contributed by atoms with Crippen LogP contribution in [0.1, 0.15) is 50.3 Å². The third-order valence-electron chi connectivity index (χ3n) is 5.03. The summed E-state index contributed by atoms with van der Waals surface area (Å²) in [5, 5.41) is 9.55. The van der Waals surface area contributed by atoms with Gasteiger partial charge in [0.05, 0.1) is 6.07 Å². The van der Waals surface area contributed by atoms with Gasteiger partial charge >= 0.3 is 0 Å². The van der Waals surface area contributed by atoms with Gasteiger partial charge in [-0.1, -0.05) is 19.3 Å². The number of carbonyl (C=O) groups excluding carboxylic acids is 1. The normalized spacial score (nSPS) is 24.8. The summed E-state index contributed by atoms with van der Waals surface area (Å²) in [5.41, 5.74) is -0.755. The van der Waals surface area contributed by atoms with E-state index >= 15 is 0 Å². The van der Waals surface area contributed by atoms with Crippen LogP contribution in [0.5, 0.6) is 0 Å². The fourth-order valence-corrected chi connectivity index (χ4v) is 3.76. The molecular formula is C16H22N4O. The maximum Gasteiger partial charge on any atom is 0.243 e. The van der Waals surface area contributed by atoms with Crippen LogP contribution in [0, 0.1) is 16.7 Å². The van der Waals surface area contributed by atoms with Crippen molar-refractivity contribution in [1.82, 2.24) is 14.5 Å². The molecule has 2 fully saturated rings. The summed E-state index contributed by atoms with van der Waals surface area (Å²) in [4.78, 5) is 19.1. The molecule has 2 aliphatic rings. The number of nitrogens with zero attached hydrogens (tertiary/aromatic N) is 4. The molecule has 0 aromatic carbocycles. The Bertz CT molecular complexity index is 565. The number of likely N-dealkylation sites (tertiary alicyclic amines) is 1. The average Bonchev–Trinajstić information content (AvgIpc) is 3.15. The van der Waals surface area contributed by atoms with E-state index in [0.717, 1.165) is 50.9 Å². The molecule has 112 valence electrons. The molecule has 1 aromatic heterocycles. The second kappa shape index (κ2) is 5.51. The summed E-state index contributed by atoms with van der Waals surface area (Å²) in [7, 11) is 1.99. The fraction of sp³-hybridized carbons (Fsp3) is 0.688. The van der Waals surface area contributed by atoms with Crippen molar-refractivity contribution >= 4 is 5.91 Å². The minimum atomic E-state index is -0.755. The van der Waals surface area contributed by atoms with E-state index in [1.807, 2.05) is 22.7 Å². The SMILES string of the molecule is Cn1ccnc1C1CCN(C(=O)C2(C#N)CCCCC2)C1. The zero-order chi connectivity index (χ0) is 14.9. The number of hydrogen-bond acceptors (Lipinski definition) is 3. The molecule has 0 bridgehead atoms. The van der Waals surface area contributed by atoms with Gasteiger partial charge < -0.3 is 9.47 Å². The van der Waals surface area contributed by atoms with Crippen molar-refractivity contribution in [2.24, 2.45) is 12.5 Å². The van der Waals surface area contributed by atoms with Gasteiger partial charge in [0, 0.05) is 38.4 Å². The molecule has 1 amide bonds. The number of imidazole rings is 1. The van der Waals surface area contributed by atoms with Crippen LogP contribution in [0.4, 0.5) is 0 Å². The van der Waals surface area contributed by atoms with Crippen LogP contribution in [0.25, 0.3) is 0 Å². The third-order valence-corrected chi connectivity index (χ3v) is 5.03. The lowest BCUT2D eigenvalue weighted by Crippen LogP contribution is -2.43. The largest absolute Gasteiger partial charge is 0.341 e. The van der Waals surface area contributed by atoms with Crippen molar-refractivity contribution in [1.29, 1.82) is 5.26 Å². The number of amides is 1. The number of hydrogen-bond donors (Lipinski definition) is 0. The first-order chi connectivity index (χ1) is 10.2. The number of aryl methyl sites for hydroxylation is 1. The maximum atomic E-state index is 12.8. The molecule has 1 saturated heterocycles. The average molecular weight is 286 g/mol. The van der Waals surface area contributed by atoms with Crippen molar-refractivity contribution < 1.29 is 4.79 Å².